The Balaban J connectivity index is 0.000000387. The van der Waals surface area contributed by atoms with E-state index in [1.807, 2.05) is 11.7 Å². The van der Waals surface area contributed by atoms with Gasteiger partial charge in [-0.3, -0.25) is 9.58 Å². The Kier molecular flexibility index (Phi) is 9.74. The van der Waals surface area contributed by atoms with Gasteiger partial charge in [0.25, 0.3) is 0 Å². The third kappa shape index (κ3) is 9.35. The number of carboxylic acid groups (broad SMARTS) is 2. The van der Waals surface area contributed by atoms with E-state index in [1.54, 1.807) is 0 Å². The smallest absolute Gasteiger partial charge is 0.328 e. The van der Waals surface area contributed by atoms with Gasteiger partial charge in [-0.05, 0) is 38.8 Å². The van der Waals surface area contributed by atoms with Crippen LogP contribution in [0.1, 0.15) is 37.9 Å². The van der Waals surface area contributed by atoms with Crippen molar-refractivity contribution in [3.05, 3.63) is 29.6 Å². The lowest BCUT2D eigenvalue weighted by Crippen LogP contribution is -2.44. The minimum absolute atomic E-state index is 0.558. The van der Waals surface area contributed by atoms with Crippen LogP contribution in [-0.4, -0.2) is 62.5 Å². The maximum Gasteiger partial charge on any atom is 0.328 e. The molecule has 1 aromatic heterocycles. The van der Waals surface area contributed by atoms with Crippen LogP contribution in [0, 0.1) is 12.8 Å². The predicted octanol–water partition coefficient (Wildman–Crippen LogP) is 1.65. The molecule has 0 aromatic carbocycles. The number of hydrogen-bond donors (Lipinski definition) is 3. The maximum absolute atomic E-state index is 9.55. The molecule has 0 spiro atoms. The highest BCUT2D eigenvalue weighted by Gasteiger charge is 2.22. The Hall–Kier alpha value is -2.19. The van der Waals surface area contributed by atoms with Crippen molar-refractivity contribution in [3.63, 3.8) is 0 Å². The van der Waals surface area contributed by atoms with E-state index in [0.717, 1.165) is 25.7 Å². The van der Waals surface area contributed by atoms with E-state index in [1.165, 1.54) is 30.6 Å². The second-order valence-corrected chi connectivity index (χ2v) is 7.23. The molecule has 1 aliphatic rings. The molecule has 1 aromatic rings. The first-order valence-electron chi connectivity index (χ1n) is 9.26. The molecular weight excluding hydrogens is 348 g/mol. The van der Waals surface area contributed by atoms with Crippen LogP contribution in [0.5, 0.6) is 0 Å². The number of hydrogen-bond acceptors (Lipinski definition) is 5. The van der Waals surface area contributed by atoms with Crippen molar-refractivity contribution in [3.8, 4) is 0 Å². The summed E-state index contributed by atoms with van der Waals surface area (Å²) >= 11 is 0. The van der Waals surface area contributed by atoms with E-state index in [9.17, 15) is 9.59 Å². The topological polar surface area (TPSA) is 108 Å². The summed E-state index contributed by atoms with van der Waals surface area (Å²) in [6.45, 7) is 11.3. The lowest BCUT2D eigenvalue weighted by molar-refractivity contribution is -0.134. The Morgan fingerprint density at radius 3 is 2.26 bits per heavy atom. The van der Waals surface area contributed by atoms with Crippen LogP contribution >= 0.6 is 0 Å². The lowest BCUT2D eigenvalue weighted by Gasteiger charge is -2.35. The molecule has 152 valence electrons. The molecular formula is C19H32N4O4. The highest BCUT2D eigenvalue weighted by atomic mass is 16.4. The number of aryl methyl sites for hydroxylation is 2. The molecule has 8 nitrogen and oxygen atoms in total. The molecule has 0 atom stereocenters. The molecule has 1 saturated heterocycles. The minimum Gasteiger partial charge on any atom is -0.478 e. The average molecular weight is 380 g/mol. The van der Waals surface area contributed by atoms with Gasteiger partial charge in [0.2, 0.25) is 0 Å². The van der Waals surface area contributed by atoms with Crippen molar-refractivity contribution in [1.82, 2.24) is 20.0 Å². The summed E-state index contributed by atoms with van der Waals surface area (Å²) in [6, 6.07) is 0.725. The highest BCUT2D eigenvalue weighted by Crippen LogP contribution is 2.18. The molecule has 1 fully saturated rings. The van der Waals surface area contributed by atoms with Crippen molar-refractivity contribution >= 4 is 11.9 Å². The summed E-state index contributed by atoms with van der Waals surface area (Å²) in [4.78, 5) is 21.8. The van der Waals surface area contributed by atoms with Crippen molar-refractivity contribution in [2.45, 2.75) is 46.2 Å². The molecule has 0 bridgehead atoms. The standard InChI is InChI=1S/C15H28N4.C4H4O4/c1-12(2)9-19(15-5-7-16-8-6-15)11-14-10-18(4)17-13(14)3;5-3(6)1-2-4(7)8/h10,12,15-16H,5-9,11H2,1-4H3;1-2H,(H,5,6)(H,7,8)/b;2-1+. The zero-order valence-corrected chi connectivity index (χ0v) is 16.7. The van der Waals surface area contributed by atoms with E-state index in [0.29, 0.717) is 18.1 Å². The second-order valence-electron chi connectivity index (χ2n) is 7.23. The van der Waals surface area contributed by atoms with Crippen molar-refractivity contribution in [2.24, 2.45) is 13.0 Å². The number of carboxylic acids is 2. The number of rotatable bonds is 7. The first kappa shape index (κ1) is 22.9. The Bertz CT molecular complexity index is 618. The van der Waals surface area contributed by atoms with Crippen LogP contribution in [0.2, 0.25) is 0 Å². The summed E-state index contributed by atoms with van der Waals surface area (Å²) in [5, 5.41) is 23.5. The van der Waals surface area contributed by atoms with E-state index in [4.69, 9.17) is 10.2 Å². The van der Waals surface area contributed by atoms with Gasteiger partial charge in [0, 0.05) is 50.1 Å². The van der Waals surface area contributed by atoms with Gasteiger partial charge in [-0.15, -0.1) is 0 Å². The molecule has 0 saturated carbocycles. The summed E-state index contributed by atoms with van der Waals surface area (Å²) in [5.41, 5.74) is 2.55. The van der Waals surface area contributed by atoms with Crippen LogP contribution in [-0.2, 0) is 23.2 Å². The number of nitrogens with one attached hydrogen (secondary N) is 1. The van der Waals surface area contributed by atoms with Crippen LogP contribution in [0.25, 0.3) is 0 Å². The predicted molar refractivity (Wildman–Crippen MR) is 103 cm³/mol. The maximum atomic E-state index is 9.55. The van der Waals surface area contributed by atoms with Crippen molar-refractivity contribution in [2.75, 3.05) is 19.6 Å². The third-order valence-corrected chi connectivity index (χ3v) is 4.28. The first-order valence-corrected chi connectivity index (χ1v) is 9.26. The number of nitrogens with zero attached hydrogens (tertiary/aromatic N) is 3. The Morgan fingerprint density at radius 1 is 1.30 bits per heavy atom. The molecule has 0 amide bonds. The Labute approximate surface area is 160 Å². The second kappa shape index (κ2) is 11.5. The van der Waals surface area contributed by atoms with E-state index in [2.05, 4.69) is 42.3 Å². The van der Waals surface area contributed by atoms with Crippen molar-refractivity contribution < 1.29 is 19.8 Å². The molecule has 1 aliphatic heterocycles. The molecule has 8 heteroatoms. The third-order valence-electron chi connectivity index (χ3n) is 4.28. The van der Waals surface area contributed by atoms with Gasteiger partial charge in [-0.2, -0.15) is 5.10 Å². The van der Waals surface area contributed by atoms with Gasteiger partial charge in [0.05, 0.1) is 5.69 Å². The van der Waals surface area contributed by atoms with Gasteiger partial charge >= 0.3 is 11.9 Å². The molecule has 27 heavy (non-hydrogen) atoms. The molecule has 0 radical (unpaired) electrons. The van der Waals surface area contributed by atoms with Gasteiger partial charge in [0.15, 0.2) is 0 Å². The average Bonchev–Trinajstić information content (AvgIpc) is 2.91. The number of piperidine rings is 1. The van der Waals surface area contributed by atoms with Crippen LogP contribution in [0.15, 0.2) is 18.3 Å². The zero-order valence-electron chi connectivity index (χ0n) is 16.7. The molecule has 2 rings (SSSR count). The molecule has 2 heterocycles. The number of carbonyl (C=O) groups is 2. The minimum atomic E-state index is -1.26. The van der Waals surface area contributed by atoms with Gasteiger partial charge in [-0.1, -0.05) is 13.8 Å². The van der Waals surface area contributed by atoms with E-state index >= 15 is 0 Å². The highest BCUT2D eigenvalue weighted by molar-refractivity contribution is 5.89. The van der Waals surface area contributed by atoms with Crippen LogP contribution in [0.3, 0.4) is 0 Å². The molecule has 0 unspecified atom stereocenters. The fourth-order valence-corrected chi connectivity index (χ4v) is 3.15. The number of aromatic nitrogens is 2. The Morgan fingerprint density at radius 2 is 1.85 bits per heavy atom. The quantitative estimate of drug-likeness (QED) is 0.617. The fourth-order valence-electron chi connectivity index (χ4n) is 3.15. The van der Waals surface area contributed by atoms with E-state index in [-0.39, 0.29) is 0 Å². The summed E-state index contributed by atoms with van der Waals surface area (Å²) in [5.74, 6) is -1.80. The molecule has 3 N–H and O–H groups in total. The molecule has 0 aliphatic carbocycles. The summed E-state index contributed by atoms with van der Waals surface area (Å²) < 4.78 is 1.93. The fraction of sp³-hybridized carbons (Fsp3) is 0.632. The first-order chi connectivity index (χ1) is 12.7. The summed E-state index contributed by atoms with van der Waals surface area (Å²) in [6.07, 6.45) is 5.83. The van der Waals surface area contributed by atoms with E-state index < -0.39 is 11.9 Å². The van der Waals surface area contributed by atoms with Gasteiger partial charge in [-0.25, -0.2) is 9.59 Å². The normalized spacial score (nSPS) is 15.2. The van der Waals surface area contributed by atoms with Crippen LogP contribution in [0.4, 0.5) is 0 Å². The lowest BCUT2D eigenvalue weighted by atomic mass is 10.0. The van der Waals surface area contributed by atoms with Gasteiger partial charge < -0.3 is 15.5 Å². The monoisotopic (exact) mass is 380 g/mol. The summed E-state index contributed by atoms with van der Waals surface area (Å²) in [7, 11) is 2.01. The number of aliphatic carboxylic acids is 2. The zero-order chi connectivity index (χ0) is 20.4. The SMILES string of the molecule is Cc1nn(C)cc1CN(CC(C)C)C1CCNCC1.O=C(O)/C=C/C(=O)O. The van der Waals surface area contributed by atoms with Crippen LogP contribution < -0.4 is 5.32 Å². The van der Waals surface area contributed by atoms with Crippen molar-refractivity contribution in [1.29, 1.82) is 0 Å². The van der Waals surface area contributed by atoms with Gasteiger partial charge in [0.1, 0.15) is 0 Å². The largest absolute Gasteiger partial charge is 0.478 e.